The van der Waals surface area contributed by atoms with Crippen LogP contribution in [0.15, 0.2) is 52.6 Å². The van der Waals surface area contributed by atoms with Gasteiger partial charge in [0, 0.05) is 23.8 Å². The molecular weight excluding hydrogens is 382 g/mol. The number of aromatic hydroxyl groups is 1. The van der Waals surface area contributed by atoms with Gasteiger partial charge in [-0.15, -0.1) is 0 Å². The van der Waals surface area contributed by atoms with E-state index in [9.17, 15) is 24.8 Å². The lowest BCUT2D eigenvalue weighted by Crippen LogP contribution is -2.30. The van der Waals surface area contributed by atoms with E-state index in [0.717, 1.165) is 10.9 Å². The number of amides is 1. The van der Waals surface area contributed by atoms with Gasteiger partial charge in [0.15, 0.2) is 0 Å². The van der Waals surface area contributed by atoms with Crippen LogP contribution in [-0.4, -0.2) is 38.8 Å². The number of nitrogens with zero attached hydrogens (tertiary/aromatic N) is 4. The number of ether oxygens (including phenoxy) is 1. The molecule has 0 radical (unpaired) electrons. The highest BCUT2D eigenvalue weighted by Crippen LogP contribution is 2.21. The maximum atomic E-state index is 12.4. The smallest absolute Gasteiger partial charge is 0.271 e. The van der Waals surface area contributed by atoms with Gasteiger partial charge in [-0.25, -0.2) is 10.4 Å². The van der Waals surface area contributed by atoms with Crippen LogP contribution in [0.3, 0.4) is 0 Å². The maximum Gasteiger partial charge on any atom is 0.271 e. The third-order valence-electron chi connectivity index (χ3n) is 3.96. The van der Waals surface area contributed by atoms with Crippen LogP contribution in [0.5, 0.6) is 11.5 Å². The summed E-state index contributed by atoms with van der Waals surface area (Å²) < 4.78 is 6.03. The van der Waals surface area contributed by atoms with Gasteiger partial charge >= 0.3 is 0 Å². The van der Waals surface area contributed by atoms with E-state index in [1.165, 1.54) is 37.6 Å². The van der Waals surface area contributed by atoms with Crippen LogP contribution >= 0.6 is 0 Å². The van der Waals surface area contributed by atoms with E-state index in [1.807, 2.05) is 0 Å². The monoisotopic (exact) mass is 397 g/mol. The standard InChI is InChI=1S/C18H15N5O6/c1-29-13-4-2-11(16(24)7-13)8-20-21-17(25)9-22-10-19-15-6-12(23(27)28)3-5-14(15)18(22)26/h2-8,10,24H,9H2,1H3,(H,21,25)/b20-8+. The summed E-state index contributed by atoms with van der Waals surface area (Å²) in [7, 11) is 1.47. The maximum absolute atomic E-state index is 12.4. The fourth-order valence-corrected chi connectivity index (χ4v) is 2.50. The van der Waals surface area contributed by atoms with Crippen molar-refractivity contribution in [3.63, 3.8) is 0 Å². The number of methoxy groups -OCH3 is 1. The first-order chi connectivity index (χ1) is 13.9. The van der Waals surface area contributed by atoms with Crippen molar-refractivity contribution >= 4 is 28.7 Å². The van der Waals surface area contributed by atoms with Gasteiger partial charge in [0.1, 0.15) is 18.0 Å². The number of nitro groups is 1. The van der Waals surface area contributed by atoms with Gasteiger partial charge in [-0.05, 0) is 18.2 Å². The van der Waals surface area contributed by atoms with Crippen molar-refractivity contribution in [2.24, 2.45) is 5.10 Å². The molecular formula is C18H15N5O6. The van der Waals surface area contributed by atoms with E-state index in [2.05, 4.69) is 15.5 Å². The van der Waals surface area contributed by atoms with E-state index in [1.54, 1.807) is 12.1 Å². The van der Waals surface area contributed by atoms with Crippen LogP contribution in [-0.2, 0) is 11.3 Å². The molecule has 29 heavy (non-hydrogen) atoms. The minimum atomic E-state index is -0.598. The molecule has 1 heterocycles. The average Bonchev–Trinajstić information content (AvgIpc) is 2.71. The number of carbonyl (C=O) groups is 1. The molecule has 2 aromatic carbocycles. The Labute approximate surface area is 163 Å². The number of phenols is 1. The molecule has 0 unspecified atom stereocenters. The van der Waals surface area contributed by atoms with Crippen LogP contribution in [0.1, 0.15) is 5.56 Å². The number of aromatic nitrogens is 2. The Bertz CT molecular complexity index is 1190. The van der Waals surface area contributed by atoms with Gasteiger partial charge in [-0.3, -0.25) is 24.3 Å². The van der Waals surface area contributed by atoms with Crippen LogP contribution in [0.2, 0.25) is 0 Å². The van der Waals surface area contributed by atoms with Crippen molar-refractivity contribution in [3.8, 4) is 11.5 Å². The van der Waals surface area contributed by atoms with Crippen LogP contribution in [0, 0.1) is 10.1 Å². The fraction of sp³-hybridized carbons (Fsp3) is 0.111. The second kappa shape index (κ2) is 8.17. The molecule has 1 aromatic heterocycles. The number of nitrogens with one attached hydrogen (secondary N) is 1. The summed E-state index contributed by atoms with van der Waals surface area (Å²) in [6.45, 7) is -0.356. The highest BCUT2D eigenvalue weighted by atomic mass is 16.6. The van der Waals surface area contributed by atoms with Crippen LogP contribution < -0.4 is 15.7 Å². The number of rotatable bonds is 6. The summed E-state index contributed by atoms with van der Waals surface area (Å²) in [5, 5.41) is 24.5. The molecule has 0 aliphatic heterocycles. The predicted octanol–water partition coefficient (Wildman–Crippen LogP) is 1.17. The number of phenolic OH excluding ortho intramolecular Hbond substituents is 1. The number of benzene rings is 2. The van der Waals surface area contributed by atoms with Crippen molar-refractivity contribution < 1.29 is 19.6 Å². The zero-order valence-electron chi connectivity index (χ0n) is 15.1. The summed E-state index contributed by atoms with van der Waals surface area (Å²) >= 11 is 0. The molecule has 0 bridgehead atoms. The van der Waals surface area contributed by atoms with Crippen molar-refractivity contribution in [1.29, 1.82) is 0 Å². The molecule has 0 fully saturated rings. The van der Waals surface area contributed by atoms with Crippen LogP contribution in [0.4, 0.5) is 5.69 Å². The lowest BCUT2D eigenvalue weighted by molar-refractivity contribution is -0.384. The highest BCUT2D eigenvalue weighted by Gasteiger charge is 2.12. The quantitative estimate of drug-likeness (QED) is 0.360. The lowest BCUT2D eigenvalue weighted by Gasteiger charge is -2.06. The Morgan fingerprint density at radius 1 is 1.38 bits per heavy atom. The number of hydrazone groups is 1. The Morgan fingerprint density at radius 3 is 2.86 bits per heavy atom. The van der Waals surface area contributed by atoms with Gasteiger partial charge in [-0.2, -0.15) is 5.10 Å². The van der Waals surface area contributed by atoms with Gasteiger partial charge < -0.3 is 9.84 Å². The Kier molecular flexibility index (Phi) is 5.49. The Morgan fingerprint density at radius 2 is 2.17 bits per heavy atom. The van der Waals surface area contributed by atoms with Crippen LogP contribution in [0.25, 0.3) is 10.9 Å². The van der Waals surface area contributed by atoms with Gasteiger partial charge in [0.05, 0.1) is 35.5 Å². The largest absolute Gasteiger partial charge is 0.507 e. The molecule has 3 rings (SSSR count). The topological polar surface area (TPSA) is 149 Å². The Balaban J connectivity index is 1.71. The summed E-state index contributed by atoms with van der Waals surface area (Å²) in [5.74, 6) is -0.206. The highest BCUT2D eigenvalue weighted by molar-refractivity contribution is 5.85. The zero-order chi connectivity index (χ0) is 21.0. The molecule has 0 saturated carbocycles. The fourth-order valence-electron chi connectivity index (χ4n) is 2.50. The summed E-state index contributed by atoms with van der Waals surface area (Å²) in [6.07, 6.45) is 2.38. The first-order valence-corrected chi connectivity index (χ1v) is 8.21. The predicted molar refractivity (Wildman–Crippen MR) is 103 cm³/mol. The summed E-state index contributed by atoms with van der Waals surface area (Å²) in [5.41, 5.74) is 2.06. The molecule has 148 valence electrons. The minimum Gasteiger partial charge on any atom is -0.507 e. The van der Waals surface area contributed by atoms with E-state index in [-0.39, 0.29) is 28.9 Å². The molecule has 11 nitrogen and oxygen atoms in total. The van der Waals surface area contributed by atoms with E-state index in [4.69, 9.17) is 4.74 Å². The number of hydrogen-bond donors (Lipinski definition) is 2. The third kappa shape index (κ3) is 4.35. The molecule has 0 aliphatic rings. The molecule has 0 spiro atoms. The molecule has 11 heteroatoms. The van der Waals surface area contributed by atoms with Crippen molar-refractivity contribution in [2.75, 3.05) is 7.11 Å². The zero-order valence-corrected chi connectivity index (χ0v) is 15.1. The summed E-state index contributed by atoms with van der Waals surface area (Å²) in [6, 6.07) is 8.25. The molecule has 2 N–H and O–H groups in total. The lowest BCUT2D eigenvalue weighted by atomic mass is 10.2. The number of fused-ring (bicyclic) bond motifs is 1. The van der Waals surface area contributed by atoms with E-state index >= 15 is 0 Å². The van der Waals surface area contributed by atoms with Gasteiger partial charge in [0.2, 0.25) is 0 Å². The number of hydrogen-bond acceptors (Lipinski definition) is 8. The first-order valence-electron chi connectivity index (χ1n) is 8.21. The van der Waals surface area contributed by atoms with Crippen molar-refractivity contribution in [1.82, 2.24) is 15.0 Å². The SMILES string of the molecule is COc1ccc(/C=N/NC(=O)Cn2cnc3cc([N+](=O)[O-])ccc3c2=O)c(O)c1. The van der Waals surface area contributed by atoms with E-state index in [0.29, 0.717) is 11.3 Å². The number of carbonyl (C=O) groups excluding carboxylic acids is 1. The normalized spacial score (nSPS) is 10.9. The minimum absolute atomic E-state index is 0.0774. The first kappa shape index (κ1) is 19.5. The van der Waals surface area contributed by atoms with Crippen molar-refractivity contribution in [3.05, 3.63) is 68.8 Å². The van der Waals surface area contributed by atoms with E-state index < -0.39 is 16.4 Å². The number of nitro benzene ring substituents is 1. The second-order valence-electron chi connectivity index (χ2n) is 5.85. The van der Waals surface area contributed by atoms with Gasteiger partial charge in [-0.1, -0.05) is 0 Å². The molecule has 1 amide bonds. The van der Waals surface area contributed by atoms with Crippen molar-refractivity contribution in [2.45, 2.75) is 6.54 Å². The Hall–Kier alpha value is -4.28. The molecule has 0 aliphatic carbocycles. The third-order valence-corrected chi connectivity index (χ3v) is 3.96. The molecule has 0 atom stereocenters. The van der Waals surface area contributed by atoms with Gasteiger partial charge in [0.25, 0.3) is 17.2 Å². The second-order valence-corrected chi connectivity index (χ2v) is 5.85. The summed E-state index contributed by atoms with van der Waals surface area (Å²) in [4.78, 5) is 38.7. The average molecular weight is 397 g/mol. The molecule has 3 aromatic rings. The number of non-ortho nitro benzene ring substituents is 1. The molecule has 0 saturated heterocycles.